The van der Waals surface area contributed by atoms with Crippen LogP contribution in [0.4, 0.5) is 21.9 Å². The molecule has 3 rings (SSSR count). The average molecular weight is 380 g/mol. The fraction of sp³-hybridized carbons (Fsp3) is 0.458. The van der Waals surface area contributed by atoms with Crippen LogP contribution in [0.1, 0.15) is 54.9 Å². The minimum atomic E-state index is -0.190. The molecule has 0 aliphatic carbocycles. The van der Waals surface area contributed by atoms with Crippen LogP contribution in [0.15, 0.2) is 30.3 Å². The Labute approximate surface area is 169 Å². The van der Waals surface area contributed by atoms with Gasteiger partial charge in [0.1, 0.15) is 0 Å². The minimum absolute atomic E-state index is 0.190. The Bertz CT molecular complexity index is 821. The fourth-order valence-corrected chi connectivity index (χ4v) is 4.16. The molecule has 0 unspecified atom stereocenters. The maximum atomic E-state index is 12.5. The zero-order valence-electron chi connectivity index (χ0n) is 17.7. The summed E-state index contributed by atoms with van der Waals surface area (Å²) < 4.78 is 0. The number of rotatable bonds is 7. The molecular formula is C24H33N3O. The van der Waals surface area contributed by atoms with Crippen molar-refractivity contribution in [2.24, 2.45) is 0 Å². The molecule has 0 saturated carbocycles. The van der Waals surface area contributed by atoms with E-state index in [2.05, 4.69) is 53.6 Å². The molecule has 0 fully saturated rings. The standard InChI is InChI=1S/C24H33N3O/c1-5-6-7-8-12-27-13-11-20-16-21(9-10-22(20)27)25-24(28)26-23-18(3)14-17(2)15-19(23)4/h9-10,14-16H,5-8,11-13H2,1-4H3,(H2,25,26,28). The van der Waals surface area contributed by atoms with Gasteiger partial charge in [-0.05, 0) is 68.5 Å². The first-order valence-electron chi connectivity index (χ1n) is 10.5. The third kappa shape index (κ3) is 4.86. The molecule has 1 aliphatic rings. The molecule has 2 N–H and O–H groups in total. The van der Waals surface area contributed by atoms with Gasteiger partial charge < -0.3 is 15.5 Å². The summed E-state index contributed by atoms with van der Waals surface area (Å²) in [6, 6.07) is 10.3. The van der Waals surface area contributed by atoms with Gasteiger partial charge in [-0.1, -0.05) is 43.9 Å². The van der Waals surface area contributed by atoms with E-state index in [4.69, 9.17) is 0 Å². The van der Waals surface area contributed by atoms with E-state index in [0.29, 0.717) is 0 Å². The Hall–Kier alpha value is -2.49. The van der Waals surface area contributed by atoms with Crippen LogP contribution < -0.4 is 15.5 Å². The summed E-state index contributed by atoms with van der Waals surface area (Å²) in [6.07, 6.45) is 6.20. The first kappa shape index (κ1) is 20.2. The molecule has 2 aromatic carbocycles. The summed E-state index contributed by atoms with van der Waals surface area (Å²) in [4.78, 5) is 15.0. The topological polar surface area (TPSA) is 44.4 Å². The number of hydrogen-bond donors (Lipinski definition) is 2. The van der Waals surface area contributed by atoms with Gasteiger partial charge in [0.05, 0.1) is 0 Å². The Morgan fingerprint density at radius 3 is 2.46 bits per heavy atom. The molecule has 0 radical (unpaired) electrons. The maximum Gasteiger partial charge on any atom is 0.323 e. The molecule has 0 aromatic heterocycles. The van der Waals surface area contributed by atoms with Crippen molar-refractivity contribution in [1.82, 2.24) is 0 Å². The van der Waals surface area contributed by atoms with Crippen molar-refractivity contribution >= 4 is 23.1 Å². The molecule has 0 saturated heterocycles. The summed E-state index contributed by atoms with van der Waals surface area (Å²) in [5.74, 6) is 0. The lowest BCUT2D eigenvalue weighted by Gasteiger charge is -2.19. The summed E-state index contributed by atoms with van der Waals surface area (Å²) in [5, 5.41) is 6.01. The minimum Gasteiger partial charge on any atom is -0.371 e. The highest BCUT2D eigenvalue weighted by molar-refractivity contribution is 6.01. The number of unbranched alkanes of at least 4 members (excludes halogenated alkanes) is 3. The average Bonchev–Trinajstić information content (AvgIpc) is 3.04. The molecule has 4 nitrogen and oxygen atoms in total. The number of amides is 2. The van der Waals surface area contributed by atoms with Crippen molar-refractivity contribution in [3.8, 4) is 0 Å². The number of aryl methyl sites for hydroxylation is 3. The number of nitrogens with one attached hydrogen (secondary N) is 2. The first-order valence-corrected chi connectivity index (χ1v) is 10.5. The molecule has 2 aromatic rings. The predicted octanol–water partition coefficient (Wildman–Crippen LogP) is 6.20. The lowest BCUT2D eigenvalue weighted by atomic mass is 10.1. The fourth-order valence-electron chi connectivity index (χ4n) is 4.16. The van der Waals surface area contributed by atoms with Crippen LogP contribution in [0.5, 0.6) is 0 Å². The predicted molar refractivity (Wildman–Crippen MR) is 120 cm³/mol. The van der Waals surface area contributed by atoms with Crippen molar-refractivity contribution < 1.29 is 4.79 Å². The summed E-state index contributed by atoms with van der Waals surface area (Å²) in [5.41, 5.74) is 7.78. The van der Waals surface area contributed by atoms with Gasteiger partial charge in [-0.25, -0.2) is 4.79 Å². The van der Waals surface area contributed by atoms with Crippen LogP contribution in [0.2, 0.25) is 0 Å². The van der Waals surface area contributed by atoms with E-state index >= 15 is 0 Å². The van der Waals surface area contributed by atoms with Crippen molar-refractivity contribution in [3.63, 3.8) is 0 Å². The highest BCUT2D eigenvalue weighted by Gasteiger charge is 2.19. The van der Waals surface area contributed by atoms with Crippen LogP contribution in [0, 0.1) is 20.8 Å². The summed E-state index contributed by atoms with van der Waals surface area (Å²) in [6.45, 7) is 10.6. The zero-order chi connectivity index (χ0) is 20.1. The number of carbonyl (C=O) groups excluding carboxylic acids is 1. The van der Waals surface area contributed by atoms with E-state index in [1.165, 1.54) is 42.5 Å². The van der Waals surface area contributed by atoms with Gasteiger partial charge in [-0.3, -0.25) is 0 Å². The molecule has 150 valence electrons. The summed E-state index contributed by atoms with van der Waals surface area (Å²) in [7, 11) is 0. The van der Waals surface area contributed by atoms with E-state index < -0.39 is 0 Å². The van der Waals surface area contributed by atoms with Crippen molar-refractivity contribution in [3.05, 3.63) is 52.6 Å². The Morgan fingerprint density at radius 1 is 1.00 bits per heavy atom. The lowest BCUT2D eigenvalue weighted by Crippen LogP contribution is -2.22. The molecule has 1 aliphatic heterocycles. The first-order chi connectivity index (χ1) is 13.5. The molecule has 0 bridgehead atoms. The Morgan fingerprint density at radius 2 is 1.75 bits per heavy atom. The number of hydrogen-bond acceptors (Lipinski definition) is 2. The molecule has 2 amide bonds. The number of fused-ring (bicyclic) bond motifs is 1. The van der Waals surface area contributed by atoms with Gasteiger partial charge in [0.15, 0.2) is 0 Å². The smallest absolute Gasteiger partial charge is 0.323 e. The number of anilines is 3. The number of benzene rings is 2. The van der Waals surface area contributed by atoms with Crippen LogP contribution in [0.25, 0.3) is 0 Å². The normalized spacial score (nSPS) is 12.8. The van der Waals surface area contributed by atoms with E-state index in [-0.39, 0.29) is 6.03 Å². The highest BCUT2D eigenvalue weighted by Crippen LogP contribution is 2.31. The quantitative estimate of drug-likeness (QED) is 0.563. The maximum absolute atomic E-state index is 12.5. The van der Waals surface area contributed by atoms with E-state index in [0.717, 1.165) is 42.0 Å². The van der Waals surface area contributed by atoms with Gasteiger partial charge >= 0.3 is 6.03 Å². The second kappa shape index (κ2) is 9.13. The van der Waals surface area contributed by atoms with Gasteiger partial charge in [0, 0.05) is 30.2 Å². The van der Waals surface area contributed by atoms with Crippen LogP contribution >= 0.6 is 0 Å². The Kier molecular flexibility index (Phi) is 6.61. The largest absolute Gasteiger partial charge is 0.371 e. The monoisotopic (exact) mass is 379 g/mol. The van der Waals surface area contributed by atoms with Crippen molar-refractivity contribution in [1.29, 1.82) is 0 Å². The third-order valence-corrected chi connectivity index (χ3v) is 5.53. The lowest BCUT2D eigenvalue weighted by molar-refractivity contribution is 0.262. The second-order valence-corrected chi connectivity index (χ2v) is 7.99. The highest BCUT2D eigenvalue weighted by atomic mass is 16.2. The SMILES string of the molecule is CCCCCCN1CCc2cc(NC(=O)Nc3c(C)cc(C)cc3C)ccc21. The second-order valence-electron chi connectivity index (χ2n) is 7.99. The van der Waals surface area contributed by atoms with Crippen LogP contribution in [-0.4, -0.2) is 19.1 Å². The third-order valence-electron chi connectivity index (χ3n) is 5.53. The number of urea groups is 1. The van der Waals surface area contributed by atoms with Gasteiger partial charge in [-0.15, -0.1) is 0 Å². The van der Waals surface area contributed by atoms with Crippen LogP contribution in [-0.2, 0) is 6.42 Å². The molecule has 0 atom stereocenters. The molecule has 28 heavy (non-hydrogen) atoms. The molecule has 0 spiro atoms. The van der Waals surface area contributed by atoms with Crippen molar-refractivity contribution in [2.75, 3.05) is 28.6 Å². The van der Waals surface area contributed by atoms with Gasteiger partial charge in [-0.2, -0.15) is 0 Å². The molecule has 1 heterocycles. The number of nitrogens with zero attached hydrogens (tertiary/aromatic N) is 1. The molecular weight excluding hydrogens is 346 g/mol. The van der Waals surface area contributed by atoms with Gasteiger partial charge in [0.2, 0.25) is 0 Å². The summed E-state index contributed by atoms with van der Waals surface area (Å²) >= 11 is 0. The molecule has 4 heteroatoms. The Balaban J connectivity index is 1.61. The van der Waals surface area contributed by atoms with Gasteiger partial charge in [0.25, 0.3) is 0 Å². The van der Waals surface area contributed by atoms with Crippen molar-refractivity contribution in [2.45, 2.75) is 59.8 Å². The zero-order valence-corrected chi connectivity index (χ0v) is 17.7. The van der Waals surface area contributed by atoms with Crippen LogP contribution in [0.3, 0.4) is 0 Å². The van der Waals surface area contributed by atoms with E-state index in [1.54, 1.807) is 0 Å². The van der Waals surface area contributed by atoms with E-state index in [1.807, 2.05) is 19.9 Å². The number of carbonyl (C=O) groups is 1. The van der Waals surface area contributed by atoms with E-state index in [9.17, 15) is 4.79 Å².